The summed E-state index contributed by atoms with van der Waals surface area (Å²) in [4.78, 5) is 23.1. The van der Waals surface area contributed by atoms with E-state index < -0.39 is 47.2 Å². The lowest BCUT2D eigenvalue weighted by atomic mass is 10.3. The molecule has 158 valence electrons. The highest BCUT2D eigenvalue weighted by Crippen LogP contribution is 2.23. The second-order valence-corrected chi connectivity index (χ2v) is 7.04. The van der Waals surface area contributed by atoms with Crippen LogP contribution in [0.4, 0.5) is 18.9 Å². The van der Waals surface area contributed by atoms with E-state index in [1.807, 2.05) is 4.72 Å². The Bertz CT molecular complexity index is 752. The van der Waals surface area contributed by atoms with E-state index >= 15 is 0 Å². The zero-order chi connectivity index (χ0) is 21.2. The van der Waals surface area contributed by atoms with Crippen LogP contribution in [0.1, 0.15) is 6.92 Å². The molecule has 0 fully saturated rings. The maximum atomic E-state index is 12.1. The second-order valence-electron chi connectivity index (χ2n) is 5.12. The van der Waals surface area contributed by atoms with E-state index in [4.69, 9.17) is 4.74 Å². The van der Waals surface area contributed by atoms with Gasteiger partial charge in [-0.1, -0.05) is 0 Å². The van der Waals surface area contributed by atoms with Crippen LogP contribution in [0.5, 0.6) is 5.75 Å². The molecule has 2 N–H and O–H groups in total. The third-order valence-electron chi connectivity index (χ3n) is 2.87. The molecule has 1 rings (SSSR count). The number of carbonyl (C=O) groups is 2. The molecule has 0 spiro atoms. The van der Waals surface area contributed by atoms with Crippen molar-refractivity contribution in [2.75, 3.05) is 37.4 Å². The molecular weight excluding hydrogens is 409 g/mol. The van der Waals surface area contributed by atoms with Gasteiger partial charge < -0.3 is 19.5 Å². The first kappa shape index (κ1) is 23.7. The van der Waals surface area contributed by atoms with Crippen molar-refractivity contribution in [1.29, 1.82) is 0 Å². The van der Waals surface area contributed by atoms with Gasteiger partial charge in [-0.25, -0.2) is 13.1 Å². The smallest absolute Gasteiger partial charge is 0.455 e. The van der Waals surface area contributed by atoms with Gasteiger partial charge in [-0.05, 0) is 31.2 Å². The van der Waals surface area contributed by atoms with Crippen LogP contribution in [0.3, 0.4) is 0 Å². The van der Waals surface area contributed by atoms with Gasteiger partial charge in [-0.15, -0.1) is 13.2 Å². The maximum Gasteiger partial charge on any atom is 0.573 e. The van der Waals surface area contributed by atoms with Gasteiger partial charge >= 0.3 is 12.3 Å². The molecule has 0 bridgehead atoms. The Kier molecular flexibility index (Phi) is 9.15. The molecule has 0 aliphatic carbocycles. The minimum absolute atomic E-state index is 0.0317. The van der Waals surface area contributed by atoms with Crippen LogP contribution in [0, 0.1) is 0 Å². The molecule has 1 aromatic rings. The van der Waals surface area contributed by atoms with E-state index in [0.717, 1.165) is 24.3 Å². The van der Waals surface area contributed by atoms with E-state index in [-0.39, 0.29) is 18.0 Å². The fourth-order valence-electron chi connectivity index (χ4n) is 1.69. The Morgan fingerprint density at radius 1 is 1.14 bits per heavy atom. The lowest BCUT2D eigenvalue weighted by Crippen LogP contribution is -2.34. The van der Waals surface area contributed by atoms with Gasteiger partial charge in [0.15, 0.2) is 6.61 Å². The summed E-state index contributed by atoms with van der Waals surface area (Å²) in [7, 11) is -3.72. The summed E-state index contributed by atoms with van der Waals surface area (Å²) in [6.45, 7) is 0.652. The fraction of sp³-hybridized carbons (Fsp3) is 0.467. The van der Waals surface area contributed by atoms with Gasteiger partial charge in [-0.2, -0.15) is 0 Å². The first-order valence-electron chi connectivity index (χ1n) is 7.87. The number of benzene rings is 1. The Hall–Kier alpha value is -2.38. The summed E-state index contributed by atoms with van der Waals surface area (Å²) in [5.74, 6) is -2.54. The number of carbonyl (C=O) groups excluding carboxylic acids is 2. The third kappa shape index (κ3) is 10.7. The summed E-state index contributed by atoms with van der Waals surface area (Å²) in [5.41, 5.74) is 0.146. The summed E-state index contributed by atoms with van der Waals surface area (Å²) in [5, 5.41) is 2.29. The van der Waals surface area contributed by atoms with Crippen molar-refractivity contribution in [1.82, 2.24) is 4.72 Å². The minimum Gasteiger partial charge on any atom is -0.455 e. The van der Waals surface area contributed by atoms with Gasteiger partial charge in [0.25, 0.3) is 5.91 Å². The highest BCUT2D eigenvalue weighted by atomic mass is 32.2. The highest BCUT2D eigenvalue weighted by molar-refractivity contribution is 7.89. The van der Waals surface area contributed by atoms with Crippen molar-refractivity contribution in [3.8, 4) is 5.75 Å². The van der Waals surface area contributed by atoms with E-state index in [1.165, 1.54) is 0 Å². The topological polar surface area (TPSA) is 120 Å². The molecule has 13 heteroatoms. The molecule has 0 unspecified atom stereocenters. The number of alkyl halides is 3. The Morgan fingerprint density at radius 2 is 1.79 bits per heavy atom. The summed E-state index contributed by atoms with van der Waals surface area (Å²) < 4.78 is 74.4. The van der Waals surface area contributed by atoms with Gasteiger partial charge in [0, 0.05) is 12.3 Å². The molecule has 0 aliphatic heterocycles. The molecule has 1 amide bonds. The van der Waals surface area contributed by atoms with Gasteiger partial charge in [0.1, 0.15) is 12.3 Å². The Labute approximate surface area is 159 Å². The Balaban J connectivity index is 2.35. The predicted octanol–water partition coefficient (Wildman–Crippen LogP) is 1.02. The van der Waals surface area contributed by atoms with Gasteiger partial charge in [-0.3, -0.25) is 9.59 Å². The normalized spacial score (nSPS) is 11.7. The number of amides is 1. The van der Waals surface area contributed by atoms with Crippen LogP contribution >= 0.6 is 0 Å². The van der Waals surface area contributed by atoms with Gasteiger partial charge in [0.05, 0.1) is 12.4 Å². The number of hydrogen-bond donors (Lipinski definition) is 2. The molecule has 0 saturated carbocycles. The van der Waals surface area contributed by atoms with Crippen LogP contribution in [0.25, 0.3) is 0 Å². The first-order valence-corrected chi connectivity index (χ1v) is 9.52. The molecule has 9 nitrogen and oxygen atoms in total. The monoisotopic (exact) mass is 428 g/mol. The van der Waals surface area contributed by atoms with Gasteiger partial charge in [0.2, 0.25) is 10.0 Å². The number of nitrogens with one attached hydrogen (secondary N) is 2. The SMILES string of the molecule is CCOCCS(=O)(=O)NCC(=O)OCC(=O)Nc1ccc(OC(F)(F)F)cc1. The zero-order valence-corrected chi connectivity index (χ0v) is 15.6. The molecule has 0 atom stereocenters. The number of anilines is 1. The minimum atomic E-state index is -4.83. The van der Waals surface area contributed by atoms with Crippen LogP contribution in [-0.2, 0) is 29.1 Å². The van der Waals surface area contributed by atoms with Crippen LogP contribution in [0.2, 0.25) is 0 Å². The van der Waals surface area contributed by atoms with Crippen molar-refractivity contribution in [3.05, 3.63) is 24.3 Å². The Morgan fingerprint density at radius 3 is 2.36 bits per heavy atom. The average Bonchev–Trinajstić information content (AvgIpc) is 2.59. The largest absolute Gasteiger partial charge is 0.573 e. The molecule has 0 saturated heterocycles. The highest BCUT2D eigenvalue weighted by Gasteiger charge is 2.30. The fourth-order valence-corrected chi connectivity index (χ4v) is 2.51. The summed E-state index contributed by atoms with van der Waals surface area (Å²) in [6, 6.07) is 4.30. The first-order chi connectivity index (χ1) is 13.0. The third-order valence-corrected chi connectivity index (χ3v) is 4.16. The molecule has 0 aromatic heterocycles. The summed E-state index contributed by atoms with van der Waals surface area (Å²) >= 11 is 0. The number of ether oxygens (including phenoxy) is 3. The maximum absolute atomic E-state index is 12.1. The van der Waals surface area contributed by atoms with E-state index in [2.05, 4.69) is 14.8 Å². The van der Waals surface area contributed by atoms with E-state index in [9.17, 15) is 31.2 Å². The standard InChI is InChI=1S/C15H19F3N2O7S/c1-2-25-7-8-28(23,24)19-9-14(22)26-10-13(21)20-11-3-5-12(6-4-11)27-15(16,17)18/h3-6,19H,2,7-10H2,1H3,(H,20,21). The van der Waals surface area contributed by atoms with E-state index in [1.54, 1.807) is 6.92 Å². The molecule has 0 heterocycles. The average molecular weight is 428 g/mol. The molecule has 0 radical (unpaired) electrons. The molecule has 28 heavy (non-hydrogen) atoms. The van der Waals surface area contributed by atoms with Crippen molar-refractivity contribution in [2.24, 2.45) is 0 Å². The van der Waals surface area contributed by atoms with Crippen LogP contribution in [0.15, 0.2) is 24.3 Å². The van der Waals surface area contributed by atoms with Crippen molar-refractivity contribution in [3.63, 3.8) is 0 Å². The van der Waals surface area contributed by atoms with Crippen LogP contribution < -0.4 is 14.8 Å². The lowest BCUT2D eigenvalue weighted by molar-refractivity contribution is -0.274. The molecular formula is C15H19F3N2O7S. The van der Waals surface area contributed by atoms with Crippen molar-refractivity contribution in [2.45, 2.75) is 13.3 Å². The molecule has 0 aliphatic rings. The van der Waals surface area contributed by atoms with Crippen molar-refractivity contribution >= 4 is 27.6 Å². The lowest BCUT2D eigenvalue weighted by Gasteiger charge is -2.10. The number of esters is 1. The van der Waals surface area contributed by atoms with Crippen molar-refractivity contribution < 1.29 is 45.4 Å². The zero-order valence-electron chi connectivity index (χ0n) is 14.7. The van der Waals surface area contributed by atoms with E-state index in [0.29, 0.717) is 6.61 Å². The molecule has 1 aromatic carbocycles. The number of sulfonamides is 1. The number of rotatable bonds is 11. The second kappa shape index (κ2) is 10.8. The van der Waals surface area contributed by atoms with Crippen LogP contribution in [-0.4, -0.2) is 58.8 Å². The summed E-state index contributed by atoms with van der Waals surface area (Å²) in [6.07, 6.45) is -4.83. The number of halogens is 3. The predicted molar refractivity (Wildman–Crippen MR) is 91.0 cm³/mol. The quantitative estimate of drug-likeness (QED) is 0.399. The number of hydrogen-bond acceptors (Lipinski definition) is 7.